The number of morpholine rings is 1. The van der Waals surface area contributed by atoms with Crippen LogP contribution in [0.2, 0.25) is 0 Å². The van der Waals surface area contributed by atoms with E-state index in [0.29, 0.717) is 0 Å². The van der Waals surface area contributed by atoms with Gasteiger partial charge in [-0.2, -0.15) is 0 Å². The van der Waals surface area contributed by atoms with Gasteiger partial charge in [-0.25, -0.2) is 0 Å². The van der Waals surface area contributed by atoms with Crippen molar-refractivity contribution in [2.24, 2.45) is 5.41 Å². The molecule has 2 saturated heterocycles. The summed E-state index contributed by atoms with van der Waals surface area (Å²) in [5, 5.41) is 0. The number of nitrogens with zero attached hydrogens (tertiary/aromatic N) is 1. The number of rotatable bonds is 2. The van der Waals surface area contributed by atoms with E-state index in [4.69, 9.17) is 14.0 Å². The van der Waals surface area contributed by atoms with E-state index in [1.54, 1.807) is 0 Å². The van der Waals surface area contributed by atoms with E-state index in [-0.39, 0.29) is 12.5 Å². The summed E-state index contributed by atoms with van der Waals surface area (Å²) in [4.78, 5) is 2.35. The standard InChI is InChI=1S/C15H22BNO3/c1-15(2)11-19-16(20-12-15)13-3-5-14(6-4-13)17-7-9-18-10-8-17/h3-6H,7-12H2,1-2H3. The highest BCUT2D eigenvalue weighted by Crippen LogP contribution is 2.22. The molecular formula is C15H22BNO3. The maximum absolute atomic E-state index is 5.81. The molecule has 0 bridgehead atoms. The number of hydrogen-bond donors (Lipinski definition) is 0. The third kappa shape index (κ3) is 3.16. The van der Waals surface area contributed by atoms with E-state index in [1.807, 2.05) is 0 Å². The zero-order chi connectivity index (χ0) is 14.0. The minimum Gasteiger partial charge on any atom is -0.407 e. The molecule has 20 heavy (non-hydrogen) atoms. The van der Waals surface area contributed by atoms with Crippen molar-refractivity contribution < 1.29 is 14.0 Å². The summed E-state index contributed by atoms with van der Waals surface area (Å²) in [6.45, 7) is 9.34. The molecule has 2 aliphatic rings. The fourth-order valence-corrected chi connectivity index (χ4v) is 2.55. The van der Waals surface area contributed by atoms with Gasteiger partial charge in [0.15, 0.2) is 0 Å². The highest BCUT2D eigenvalue weighted by atomic mass is 16.6. The molecular weight excluding hydrogens is 253 g/mol. The number of hydrogen-bond acceptors (Lipinski definition) is 4. The lowest BCUT2D eigenvalue weighted by atomic mass is 9.76. The Morgan fingerprint density at radius 2 is 1.60 bits per heavy atom. The quantitative estimate of drug-likeness (QED) is 0.761. The Bertz CT molecular complexity index is 433. The summed E-state index contributed by atoms with van der Waals surface area (Å²) in [5.41, 5.74) is 2.45. The third-order valence-electron chi connectivity index (χ3n) is 3.79. The summed E-state index contributed by atoms with van der Waals surface area (Å²) in [7, 11) is -0.221. The number of anilines is 1. The van der Waals surface area contributed by atoms with Crippen LogP contribution in [0.3, 0.4) is 0 Å². The van der Waals surface area contributed by atoms with Crippen LogP contribution in [0.5, 0.6) is 0 Å². The van der Waals surface area contributed by atoms with E-state index in [1.165, 1.54) is 5.69 Å². The van der Waals surface area contributed by atoms with E-state index >= 15 is 0 Å². The molecule has 0 aromatic heterocycles. The van der Waals surface area contributed by atoms with Gasteiger partial charge in [0, 0.05) is 37.4 Å². The van der Waals surface area contributed by atoms with Crippen LogP contribution < -0.4 is 10.4 Å². The largest absolute Gasteiger partial charge is 0.493 e. The molecule has 108 valence electrons. The monoisotopic (exact) mass is 275 g/mol. The van der Waals surface area contributed by atoms with Gasteiger partial charge in [0.2, 0.25) is 0 Å². The zero-order valence-electron chi connectivity index (χ0n) is 12.3. The Morgan fingerprint density at radius 3 is 2.20 bits per heavy atom. The molecule has 3 rings (SSSR count). The van der Waals surface area contributed by atoms with Crippen LogP contribution >= 0.6 is 0 Å². The highest BCUT2D eigenvalue weighted by Gasteiger charge is 2.33. The maximum atomic E-state index is 5.81. The van der Waals surface area contributed by atoms with Crippen LogP contribution in [0.25, 0.3) is 0 Å². The molecule has 0 atom stereocenters. The average Bonchev–Trinajstić information content (AvgIpc) is 2.48. The summed E-state index contributed by atoms with van der Waals surface area (Å²) < 4.78 is 17.0. The molecule has 0 unspecified atom stereocenters. The van der Waals surface area contributed by atoms with Crippen molar-refractivity contribution in [3.8, 4) is 0 Å². The topological polar surface area (TPSA) is 30.9 Å². The number of ether oxygens (including phenoxy) is 1. The van der Waals surface area contributed by atoms with Crippen LogP contribution in [0.1, 0.15) is 13.8 Å². The normalized spacial score (nSPS) is 22.9. The first-order valence-electron chi connectivity index (χ1n) is 7.30. The van der Waals surface area contributed by atoms with Crippen molar-refractivity contribution in [2.45, 2.75) is 13.8 Å². The van der Waals surface area contributed by atoms with Crippen molar-refractivity contribution in [2.75, 3.05) is 44.4 Å². The minimum absolute atomic E-state index is 0.115. The summed E-state index contributed by atoms with van der Waals surface area (Å²) in [6, 6.07) is 8.50. The van der Waals surface area contributed by atoms with Gasteiger partial charge in [-0.15, -0.1) is 0 Å². The lowest BCUT2D eigenvalue weighted by molar-refractivity contribution is 0.0343. The van der Waals surface area contributed by atoms with Gasteiger partial charge >= 0.3 is 7.12 Å². The van der Waals surface area contributed by atoms with E-state index in [9.17, 15) is 0 Å². The van der Waals surface area contributed by atoms with Gasteiger partial charge in [0.25, 0.3) is 0 Å². The average molecular weight is 275 g/mol. The predicted molar refractivity (Wildman–Crippen MR) is 80.5 cm³/mol. The zero-order valence-corrected chi connectivity index (χ0v) is 12.3. The first-order chi connectivity index (χ1) is 9.64. The van der Waals surface area contributed by atoms with Crippen molar-refractivity contribution in [3.05, 3.63) is 24.3 Å². The van der Waals surface area contributed by atoms with Gasteiger partial charge in [-0.1, -0.05) is 26.0 Å². The van der Waals surface area contributed by atoms with Crippen LogP contribution in [0.15, 0.2) is 24.3 Å². The Balaban J connectivity index is 1.64. The molecule has 0 N–H and O–H groups in total. The fourth-order valence-electron chi connectivity index (χ4n) is 2.55. The maximum Gasteiger partial charge on any atom is 0.493 e. The second-order valence-corrected chi connectivity index (χ2v) is 6.31. The first kappa shape index (κ1) is 13.9. The second-order valence-electron chi connectivity index (χ2n) is 6.31. The van der Waals surface area contributed by atoms with E-state index in [0.717, 1.165) is 45.0 Å². The summed E-state index contributed by atoms with van der Waals surface area (Å²) in [6.07, 6.45) is 0. The van der Waals surface area contributed by atoms with E-state index < -0.39 is 0 Å². The fraction of sp³-hybridized carbons (Fsp3) is 0.600. The minimum atomic E-state index is -0.221. The van der Waals surface area contributed by atoms with Gasteiger partial charge in [-0.3, -0.25) is 0 Å². The first-order valence-corrected chi connectivity index (χ1v) is 7.30. The van der Waals surface area contributed by atoms with Gasteiger partial charge in [0.05, 0.1) is 13.2 Å². The number of benzene rings is 1. The van der Waals surface area contributed by atoms with Crippen LogP contribution in [0.4, 0.5) is 5.69 Å². The molecule has 2 aliphatic heterocycles. The Morgan fingerprint density at radius 1 is 1.00 bits per heavy atom. The molecule has 2 fully saturated rings. The van der Waals surface area contributed by atoms with Crippen LogP contribution in [0, 0.1) is 5.41 Å². The molecule has 5 heteroatoms. The second kappa shape index (κ2) is 5.76. The molecule has 4 nitrogen and oxygen atoms in total. The summed E-state index contributed by atoms with van der Waals surface area (Å²) in [5.74, 6) is 0. The van der Waals surface area contributed by atoms with Crippen molar-refractivity contribution in [3.63, 3.8) is 0 Å². The molecule has 1 aromatic rings. The highest BCUT2D eigenvalue weighted by molar-refractivity contribution is 6.61. The SMILES string of the molecule is CC1(C)COB(c2ccc(N3CCOCC3)cc2)OC1. The van der Waals surface area contributed by atoms with Crippen LogP contribution in [-0.2, 0) is 14.0 Å². The molecule has 0 saturated carbocycles. The molecule has 0 aliphatic carbocycles. The van der Waals surface area contributed by atoms with Crippen LogP contribution in [-0.4, -0.2) is 46.6 Å². The Hall–Kier alpha value is -1.04. The Kier molecular flexibility index (Phi) is 4.01. The summed E-state index contributed by atoms with van der Waals surface area (Å²) >= 11 is 0. The van der Waals surface area contributed by atoms with Gasteiger partial charge < -0.3 is 18.9 Å². The van der Waals surface area contributed by atoms with Crippen molar-refractivity contribution in [1.29, 1.82) is 0 Å². The molecule has 0 spiro atoms. The van der Waals surface area contributed by atoms with Crippen molar-refractivity contribution in [1.82, 2.24) is 0 Å². The molecule has 0 radical (unpaired) electrons. The lowest BCUT2D eigenvalue weighted by Crippen LogP contribution is -2.47. The predicted octanol–water partition coefficient (Wildman–Crippen LogP) is 1.29. The molecule has 1 aromatic carbocycles. The lowest BCUT2D eigenvalue weighted by Gasteiger charge is -2.33. The Labute approximate surface area is 121 Å². The van der Waals surface area contributed by atoms with Gasteiger partial charge in [0.1, 0.15) is 0 Å². The molecule has 0 amide bonds. The van der Waals surface area contributed by atoms with Gasteiger partial charge in [-0.05, 0) is 17.6 Å². The van der Waals surface area contributed by atoms with Crippen molar-refractivity contribution >= 4 is 18.3 Å². The molecule has 2 heterocycles. The smallest absolute Gasteiger partial charge is 0.407 e. The van der Waals surface area contributed by atoms with E-state index in [2.05, 4.69) is 43.0 Å². The third-order valence-corrected chi connectivity index (χ3v) is 3.79.